The zero-order valence-electron chi connectivity index (χ0n) is 9.16. The third kappa shape index (κ3) is 3.73. The molecule has 90 valence electrons. The van der Waals surface area contributed by atoms with E-state index in [1.165, 1.54) is 6.08 Å². The number of carbonyl (C=O) groups excluding carboxylic acids is 2. The molecule has 0 aromatic heterocycles. The van der Waals surface area contributed by atoms with Crippen LogP contribution in [-0.2, 0) is 14.3 Å². The van der Waals surface area contributed by atoms with Gasteiger partial charge in [0.25, 0.3) is 0 Å². The number of piperazine rings is 1. The second-order valence-electron chi connectivity index (χ2n) is 3.30. The van der Waals surface area contributed by atoms with Crippen molar-refractivity contribution < 1.29 is 14.3 Å². The molecule has 1 aliphatic rings. The molecule has 1 heterocycles. The van der Waals surface area contributed by atoms with Crippen molar-refractivity contribution in [1.82, 2.24) is 10.2 Å². The van der Waals surface area contributed by atoms with Crippen LogP contribution >= 0.6 is 11.6 Å². The van der Waals surface area contributed by atoms with Crippen LogP contribution in [0.2, 0.25) is 0 Å². The third-order valence-corrected chi connectivity index (χ3v) is 2.37. The summed E-state index contributed by atoms with van der Waals surface area (Å²) in [5.41, 5.74) is 0.683. The summed E-state index contributed by atoms with van der Waals surface area (Å²) in [6, 6.07) is 0. The summed E-state index contributed by atoms with van der Waals surface area (Å²) in [4.78, 5) is 24.1. The molecule has 1 amide bonds. The molecule has 16 heavy (non-hydrogen) atoms. The molecule has 1 aliphatic heterocycles. The van der Waals surface area contributed by atoms with Crippen molar-refractivity contribution in [3.63, 3.8) is 0 Å². The van der Waals surface area contributed by atoms with Crippen molar-refractivity contribution in [2.45, 2.75) is 6.92 Å². The fourth-order valence-corrected chi connectivity index (χ4v) is 1.58. The van der Waals surface area contributed by atoms with Gasteiger partial charge in [0.15, 0.2) is 0 Å². The summed E-state index contributed by atoms with van der Waals surface area (Å²) in [6.07, 6.45) is 1.37. The smallest absolute Gasteiger partial charge is 0.332 e. The maximum atomic E-state index is 11.3. The van der Waals surface area contributed by atoms with Crippen LogP contribution in [0, 0.1) is 0 Å². The first-order valence-corrected chi connectivity index (χ1v) is 5.65. The molecule has 0 radical (unpaired) electrons. The maximum Gasteiger partial charge on any atom is 0.332 e. The molecule has 0 aliphatic carbocycles. The van der Waals surface area contributed by atoms with Crippen LogP contribution in [-0.4, -0.2) is 48.9 Å². The fourth-order valence-electron chi connectivity index (χ4n) is 1.41. The van der Waals surface area contributed by atoms with E-state index in [1.807, 2.05) is 0 Å². The maximum absolute atomic E-state index is 11.3. The van der Waals surface area contributed by atoms with Crippen LogP contribution in [0.1, 0.15) is 6.92 Å². The van der Waals surface area contributed by atoms with Crippen LogP contribution in [0.4, 0.5) is 0 Å². The Morgan fingerprint density at radius 3 is 3.00 bits per heavy atom. The number of nitrogens with one attached hydrogen (secondary N) is 1. The van der Waals surface area contributed by atoms with E-state index in [-0.39, 0.29) is 11.8 Å². The van der Waals surface area contributed by atoms with Crippen molar-refractivity contribution >= 4 is 23.5 Å². The number of hydrogen-bond donors (Lipinski definition) is 1. The number of amides is 1. The van der Waals surface area contributed by atoms with Gasteiger partial charge in [0.1, 0.15) is 5.88 Å². The van der Waals surface area contributed by atoms with E-state index in [0.717, 1.165) is 0 Å². The summed E-state index contributed by atoms with van der Waals surface area (Å²) in [5, 5.41) is 3.04. The molecule has 0 aromatic carbocycles. The van der Waals surface area contributed by atoms with Gasteiger partial charge in [-0.3, -0.25) is 4.79 Å². The molecule has 0 atom stereocenters. The van der Waals surface area contributed by atoms with E-state index in [1.54, 1.807) is 11.8 Å². The van der Waals surface area contributed by atoms with Gasteiger partial charge in [-0.2, -0.15) is 0 Å². The van der Waals surface area contributed by atoms with Crippen LogP contribution in [0.3, 0.4) is 0 Å². The predicted octanol–water partition coefficient (Wildman–Crippen LogP) is 0.104. The number of esters is 1. The lowest BCUT2D eigenvalue weighted by Gasteiger charge is -2.29. The first-order valence-electron chi connectivity index (χ1n) is 5.12. The quantitative estimate of drug-likeness (QED) is 0.436. The van der Waals surface area contributed by atoms with Crippen molar-refractivity contribution in [3.8, 4) is 0 Å². The average molecular weight is 247 g/mol. The van der Waals surface area contributed by atoms with Gasteiger partial charge in [-0.05, 0) is 6.92 Å². The number of rotatable bonds is 3. The number of carbonyl (C=O) groups is 2. The molecule has 1 rings (SSSR count). The molecule has 1 fully saturated rings. The van der Waals surface area contributed by atoms with Gasteiger partial charge in [0.05, 0.1) is 13.2 Å². The van der Waals surface area contributed by atoms with Gasteiger partial charge in [0.2, 0.25) is 5.91 Å². The molecule has 0 saturated carbocycles. The molecular formula is C10H15ClN2O3. The van der Waals surface area contributed by atoms with Gasteiger partial charge in [0, 0.05) is 24.9 Å². The number of halogens is 1. The number of alkyl halides is 1. The van der Waals surface area contributed by atoms with Crippen molar-refractivity contribution in [2.24, 2.45) is 0 Å². The van der Waals surface area contributed by atoms with Gasteiger partial charge >= 0.3 is 5.97 Å². The van der Waals surface area contributed by atoms with E-state index in [2.05, 4.69) is 5.32 Å². The fraction of sp³-hybridized carbons (Fsp3) is 0.600. The standard InChI is InChI=1S/C10H15ClN2O3/c1-2-16-10(15)5-8-7-13(4-3-12-8)9(14)6-11/h5,12H,2-4,6-7H2,1H3/b8-5+. The molecule has 0 spiro atoms. The highest BCUT2D eigenvalue weighted by atomic mass is 35.5. The lowest BCUT2D eigenvalue weighted by molar-refractivity contribution is -0.137. The number of hydrogen-bond acceptors (Lipinski definition) is 4. The lowest BCUT2D eigenvalue weighted by atomic mass is 10.2. The molecule has 6 heteroatoms. The Morgan fingerprint density at radius 1 is 1.62 bits per heavy atom. The monoisotopic (exact) mass is 246 g/mol. The van der Waals surface area contributed by atoms with Gasteiger partial charge < -0.3 is 15.0 Å². The van der Waals surface area contributed by atoms with E-state index >= 15 is 0 Å². The average Bonchev–Trinajstić information content (AvgIpc) is 2.28. The summed E-state index contributed by atoms with van der Waals surface area (Å²) in [6.45, 7) is 3.69. The van der Waals surface area contributed by atoms with Crippen LogP contribution < -0.4 is 5.32 Å². The molecular weight excluding hydrogens is 232 g/mol. The Labute approximate surface area is 99.4 Å². The van der Waals surface area contributed by atoms with Gasteiger partial charge in [-0.25, -0.2) is 4.79 Å². The highest BCUT2D eigenvalue weighted by Gasteiger charge is 2.18. The first kappa shape index (κ1) is 12.8. The minimum atomic E-state index is -0.398. The van der Waals surface area contributed by atoms with Crippen molar-refractivity contribution in [3.05, 3.63) is 11.8 Å². The third-order valence-electron chi connectivity index (χ3n) is 2.14. The van der Waals surface area contributed by atoms with Crippen LogP contribution in [0.25, 0.3) is 0 Å². The minimum Gasteiger partial charge on any atom is -0.463 e. The zero-order chi connectivity index (χ0) is 12.0. The Balaban J connectivity index is 2.56. The Morgan fingerprint density at radius 2 is 2.38 bits per heavy atom. The Hall–Kier alpha value is -1.23. The van der Waals surface area contributed by atoms with Crippen molar-refractivity contribution in [2.75, 3.05) is 32.1 Å². The Bertz CT molecular complexity index is 304. The molecule has 0 unspecified atom stereocenters. The number of ether oxygens (including phenoxy) is 1. The lowest BCUT2D eigenvalue weighted by Crippen LogP contribution is -2.45. The van der Waals surface area contributed by atoms with E-state index in [4.69, 9.17) is 16.3 Å². The molecule has 0 aromatic rings. The summed E-state index contributed by atoms with van der Waals surface area (Å²) >= 11 is 5.47. The summed E-state index contributed by atoms with van der Waals surface area (Å²) in [7, 11) is 0. The molecule has 0 bridgehead atoms. The minimum absolute atomic E-state index is 0.0350. The normalized spacial score (nSPS) is 18.1. The Kier molecular flexibility index (Phi) is 5.11. The van der Waals surface area contributed by atoms with E-state index in [0.29, 0.717) is 31.9 Å². The first-order chi connectivity index (χ1) is 7.67. The second kappa shape index (κ2) is 6.37. The van der Waals surface area contributed by atoms with Crippen molar-refractivity contribution in [1.29, 1.82) is 0 Å². The van der Waals surface area contributed by atoms with E-state index < -0.39 is 5.97 Å². The van der Waals surface area contributed by atoms with Gasteiger partial charge in [-0.1, -0.05) is 0 Å². The molecule has 5 nitrogen and oxygen atoms in total. The topological polar surface area (TPSA) is 58.6 Å². The summed E-state index contributed by atoms with van der Waals surface area (Å²) < 4.78 is 4.78. The highest BCUT2D eigenvalue weighted by molar-refractivity contribution is 6.27. The summed E-state index contributed by atoms with van der Waals surface area (Å²) in [5.74, 6) is -0.560. The largest absolute Gasteiger partial charge is 0.463 e. The van der Waals surface area contributed by atoms with Crippen LogP contribution in [0.15, 0.2) is 11.8 Å². The van der Waals surface area contributed by atoms with Crippen LogP contribution in [0.5, 0.6) is 0 Å². The predicted molar refractivity (Wildman–Crippen MR) is 60.0 cm³/mol. The van der Waals surface area contributed by atoms with E-state index in [9.17, 15) is 9.59 Å². The zero-order valence-corrected chi connectivity index (χ0v) is 9.92. The second-order valence-corrected chi connectivity index (χ2v) is 3.56. The highest BCUT2D eigenvalue weighted by Crippen LogP contribution is 2.04. The number of nitrogens with zero attached hydrogens (tertiary/aromatic N) is 1. The SMILES string of the molecule is CCOC(=O)/C=C1\CN(C(=O)CCl)CCN1. The molecule has 1 saturated heterocycles. The molecule has 1 N–H and O–H groups in total. The van der Waals surface area contributed by atoms with Gasteiger partial charge in [-0.15, -0.1) is 11.6 Å².